The van der Waals surface area contributed by atoms with Crippen LogP contribution in [0.4, 0.5) is 8.78 Å². The Morgan fingerprint density at radius 3 is 2.65 bits per heavy atom. The number of piperidine rings is 1. The van der Waals surface area contributed by atoms with Gasteiger partial charge in [-0.3, -0.25) is 19.4 Å². The molecule has 20 heavy (non-hydrogen) atoms. The molecule has 2 rings (SSSR count). The van der Waals surface area contributed by atoms with E-state index in [1.54, 1.807) is 11.9 Å². The minimum Gasteiger partial charge on any atom is -0.372 e. The molecule has 0 atom stereocenters. The summed E-state index contributed by atoms with van der Waals surface area (Å²) >= 11 is 0. The van der Waals surface area contributed by atoms with Gasteiger partial charge in [0.25, 0.3) is 17.9 Å². The molecule has 2 heterocycles. The SMILES string of the molecule is Cn1[nH]c(=O)cc1C(=O)N1CCC(OCC(F)F)CC1. The Bertz CT molecular complexity index is 518. The molecule has 1 fully saturated rings. The van der Waals surface area contributed by atoms with Crippen LogP contribution in [0.1, 0.15) is 23.3 Å². The van der Waals surface area contributed by atoms with Gasteiger partial charge in [0.15, 0.2) is 0 Å². The van der Waals surface area contributed by atoms with Gasteiger partial charge in [-0.2, -0.15) is 0 Å². The Morgan fingerprint density at radius 1 is 1.50 bits per heavy atom. The third-order valence-corrected chi connectivity index (χ3v) is 3.31. The molecule has 1 aromatic rings. The predicted octanol–water partition coefficient (Wildman–Crippen LogP) is 0.600. The van der Waals surface area contributed by atoms with E-state index in [4.69, 9.17) is 4.74 Å². The number of likely N-dealkylation sites (tertiary alicyclic amines) is 1. The number of rotatable bonds is 4. The summed E-state index contributed by atoms with van der Waals surface area (Å²) in [7, 11) is 1.59. The van der Waals surface area contributed by atoms with Crippen LogP contribution < -0.4 is 5.56 Å². The maximum Gasteiger partial charge on any atom is 0.272 e. The molecule has 1 saturated heterocycles. The van der Waals surface area contributed by atoms with Crippen LogP contribution in [0.15, 0.2) is 10.9 Å². The van der Waals surface area contributed by atoms with E-state index >= 15 is 0 Å². The van der Waals surface area contributed by atoms with E-state index in [1.807, 2.05) is 0 Å². The number of hydrogen-bond acceptors (Lipinski definition) is 3. The van der Waals surface area contributed by atoms with Gasteiger partial charge in [0.2, 0.25) is 0 Å². The molecule has 1 aromatic heterocycles. The number of nitrogens with one attached hydrogen (secondary N) is 1. The van der Waals surface area contributed by atoms with E-state index in [0.717, 1.165) is 0 Å². The highest BCUT2D eigenvalue weighted by molar-refractivity contribution is 5.92. The van der Waals surface area contributed by atoms with E-state index in [1.165, 1.54) is 10.7 Å². The fourth-order valence-corrected chi connectivity index (χ4v) is 2.28. The molecule has 112 valence electrons. The Hall–Kier alpha value is -1.70. The van der Waals surface area contributed by atoms with Crippen molar-refractivity contribution in [2.75, 3.05) is 19.7 Å². The van der Waals surface area contributed by atoms with Crippen LogP contribution in [-0.2, 0) is 11.8 Å². The van der Waals surface area contributed by atoms with Gasteiger partial charge >= 0.3 is 0 Å². The van der Waals surface area contributed by atoms with E-state index < -0.39 is 13.0 Å². The van der Waals surface area contributed by atoms with Crippen LogP contribution in [0.2, 0.25) is 0 Å². The van der Waals surface area contributed by atoms with Crippen LogP contribution in [0, 0.1) is 0 Å². The number of halogens is 2. The van der Waals surface area contributed by atoms with Crippen LogP contribution in [0.5, 0.6) is 0 Å². The fourth-order valence-electron chi connectivity index (χ4n) is 2.28. The first-order chi connectivity index (χ1) is 9.47. The number of hydrogen-bond donors (Lipinski definition) is 1. The summed E-state index contributed by atoms with van der Waals surface area (Å²) in [5.74, 6) is -0.238. The van der Waals surface area contributed by atoms with Gasteiger partial charge in [-0.15, -0.1) is 0 Å². The summed E-state index contributed by atoms with van der Waals surface area (Å²) in [6.45, 7) is 0.309. The highest BCUT2D eigenvalue weighted by Crippen LogP contribution is 2.16. The van der Waals surface area contributed by atoms with Gasteiger partial charge < -0.3 is 9.64 Å². The third-order valence-electron chi connectivity index (χ3n) is 3.31. The molecule has 0 unspecified atom stereocenters. The van der Waals surface area contributed by atoms with Crippen molar-refractivity contribution < 1.29 is 18.3 Å². The maximum atomic E-state index is 12.2. The van der Waals surface area contributed by atoms with Crippen molar-refractivity contribution in [3.05, 3.63) is 22.1 Å². The van der Waals surface area contributed by atoms with Crippen molar-refractivity contribution in [1.82, 2.24) is 14.7 Å². The van der Waals surface area contributed by atoms with Crippen LogP contribution in [0.3, 0.4) is 0 Å². The number of carbonyl (C=O) groups is 1. The van der Waals surface area contributed by atoms with Gasteiger partial charge in [0.05, 0.1) is 6.10 Å². The summed E-state index contributed by atoms with van der Waals surface area (Å²) in [4.78, 5) is 25.0. The number of aromatic amines is 1. The summed E-state index contributed by atoms with van der Waals surface area (Å²) in [5.41, 5.74) is -0.0343. The highest BCUT2D eigenvalue weighted by atomic mass is 19.3. The second kappa shape index (κ2) is 6.17. The quantitative estimate of drug-likeness (QED) is 0.882. The van der Waals surface area contributed by atoms with Gasteiger partial charge in [-0.25, -0.2) is 8.78 Å². The van der Waals surface area contributed by atoms with Crippen molar-refractivity contribution >= 4 is 5.91 Å². The summed E-state index contributed by atoms with van der Waals surface area (Å²) in [6, 6.07) is 1.25. The average molecular weight is 289 g/mol. The number of aromatic nitrogens is 2. The number of ether oxygens (including phenoxy) is 1. The molecule has 8 heteroatoms. The lowest BCUT2D eigenvalue weighted by Gasteiger charge is -2.31. The molecule has 0 spiro atoms. The normalized spacial score (nSPS) is 16.9. The minimum absolute atomic E-state index is 0.233. The van der Waals surface area contributed by atoms with Gasteiger partial charge in [-0.1, -0.05) is 0 Å². The van der Waals surface area contributed by atoms with Crippen molar-refractivity contribution in [3.63, 3.8) is 0 Å². The zero-order valence-electron chi connectivity index (χ0n) is 11.1. The van der Waals surface area contributed by atoms with Crippen molar-refractivity contribution in [3.8, 4) is 0 Å². The lowest BCUT2D eigenvalue weighted by Crippen LogP contribution is -2.41. The average Bonchev–Trinajstić information content (AvgIpc) is 2.75. The first-order valence-electron chi connectivity index (χ1n) is 6.42. The minimum atomic E-state index is -2.47. The lowest BCUT2D eigenvalue weighted by molar-refractivity contribution is -0.0437. The summed E-state index contributed by atoms with van der Waals surface area (Å²) < 4.78 is 30.5. The smallest absolute Gasteiger partial charge is 0.272 e. The van der Waals surface area contributed by atoms with Crippen LogP contribution in [0.25, 0.3) is 0 Å². The zero-order valence-corrected chi connectivity index (χ0v) is 11.1. The monoisotopic (exact) mass is 289 g/mol. The van der Waals surface area contributed by atoms with E-state index in [0.29, 0.717) is 31.6 Å². The number of amides is 1. The first-order valence-corrected chi connectivity index (χ1v) is 6.42. The summed E-state index contributed by atoms with van der Waals surface area (Å²) in [6.07, 6.45) is -1.65. The van der Waals surface area contributed by atoms with Crippen LogP contribution >= 0.6 is 0 Å². The predicted molar refractivity (Wildman–Crippen MR) is 66.9 cm³/mol. The van der Waals surface area contributed by atoms with Crippen LogP contribution in [-0.4, -0.2) is 52.8 Å². The topological polar surface area (TPSA) is 67.3 Å². The Morgan fingerprint density at radius 2 is 2.15 bits per heavy atom. The van der Waals surface area contributed by atoms with E-state index in [-0.39, 0.29) is 17.6 Å². The number of carbonyl (C=O) groups excluding carboxylic acids is 1. The number of H-pyrrole nitrogens is 1. The van der Waals surface area contributed by atoms with Crippen molar-refractivity contribution in [2.24, 2.45) is 7.05 Å². The Balaban J connectivity index is 1.89. The molecule has 0 aromatic carbocycles. The molecule has 0 radical (unpaired) electrons. The fraction of sp³-hybridized carbons (Fsp3) is 0.667. The second-order valence-electron chi connectivity index (χ2n) is 4.78. The molecular formula is C12H17F2N3O3. The number of alkyl halides is 2. The maximum absolute atomic E-state index is 12.2. The van der Waals surface area contributed by atoms with Gasteiger partial charge in [-0.05, 0) is 12.8 Å². The Kier molecular flexibility index (Phi) is 4.53. The first kappa shape index (κ1) is 14.7. The standard InChI is InChI=1S/C12H17F2N3O3/c1-16-9(6-11(18)15-16)12(19)17-4-2-8(3-5-17)20-7-10(13)14/h6,8,10H,2-5,7H2,1H3,(H,15,18). The molecule has 0 bridgehead atoms. The van der Waals surface area contributed by atoms with Gasteiger partial charge in [0.1, 0.15) is 12.3 Å². The number of nitrogens with zero attached hydrogens (tertiary/aromatic N) is 2. The lowest BCUT2D eigenvalue weighted by atomic mass is 10.1. The molecule has 1 aliphatic rings. The summed E-state index contributed by atoms with van der Waals surface area (Å²) in [5, 5.41) is 2.47. The Labute approximate surface area is 114 Å². The molecule has 0 saturated carbocycles. The van der Waals surface area contributed by atoms with Crippen molar-refractivity contribution in [2.45, 2.75) is 25.4 Å². The molecular weight excluding hydrogens is 272 g/mol. The van der Waals surface area contributed by atoms with Gasteiger partial charge in [0, 0.05) is 26.2 Å². The highest BCUT2D eigenvalue weighted by Gasteiger charge is 2.26. The van der Waals surface area contributed by atoms with E-state index in [9.17, 15) is 18.4 Å². The van der Waals surface area contributed by atoms with E-state index in [2.05, 4.69) is 5.10 Å². The number of aryl methyl sites for hydroxylation is 1. The molecule has 1 N–H and O–H groups in total. The molecule has 6 nitrogen and oxygen atoms in total. The second-order valence-corrected chi connectivity index (χ2v) is 4.78. The van der Waals surface area contributed by atoms with Crippen molar-refractivity contribution in [1.29, 1.82) is 0 Å². The molecule has 1 amide bonds. The molecule has 1 aliphatic heterocycles. The molecule has 0 aliphatic carbocycles. The third kappa shape index (κ3) is 3.44. The largest absolute Gasteiger partial charge is 0.372 e. The zero-order chi connectivity index (χ0) is 14.7.